The number of aliphatic imine (C=N–C) groups is 1. The van der Waals surface area contributed by atoms with Gasteiger partial charge in [-0.1, -0.05) is 18.6 Å². The Morgan fingerprint density at radius 3 is 2.84 bits per heavy atom. The molecule has 2 aliphatic heterocycles. The van der Waals surface area contributed by atoms with E-state index in [1.165, 1.54) is 6.07 Å². The van der Waals surface area contributed by atoms with Gasteiger partial charge in [-0.25, -0.2) is 4.39 Å². The Hall–Kier alpha value is -2.15. The van der Waals surface area contributed by atoms with Crippen molar-refractivity contribution < 1.29 is 13.9 Å². The number of halogens is 1. The van der Waals surface area contributed by atoms with Gasteiger partial charge in [-0.2, -0.15) is 0 Å². The molecule has 0 saturated carbocycles. The van der Waals surface area contributed by atoms with Crippen molar-refractivity contribution in [3.8, 4) is 0 Å². The second kappa shape index (κ2) is 12.0. The number of rotatable bonds is 8. The van der Waals surface area contributed by atoms with Crippen LogP contribution in [0.2, 0.25) is 0 Å². The lowest BCUT2D eigenvalue weighted by molar-refractivity contribution is -0.130. The SMILES string of the molecule is CCNC(=NCC1(c2cccc(F)c2)CCOCC1)NCCCN1CCCCCC1=O. The fourth-order valence-electron chi connectivity index (χ4n) is 4.44. The lowest BCUT2D eigenvalue weighted by Gasteiger charge is -2.36. The highest BCUT2D eigenvalue weighted by Gasteiger charge is 2.34. The minimum atomic E-state index is -0.208. The van der Waals surface area contributed by atoms with Gasteiger partial charge in [0, 0.05) is 51.2 Å². The van der Waals surface area contributed by atoms with Crippen LogP contribution in [0.15, 0.2) is 29.3 Å². The first-order valence-electron chi connectivity index (χ1n) is 11.8. The van der Waals surface area contributed by atoms with Crippen LogP contribution in [-0.4, -0.2) is 62.7 Å². The molecule has 0 aromatic heterocycles. The molecule has 0 radical (unpaired) electrons. The van der Waals surface area contributed by atoms with Crippen LogP contribution in [0.1, 0.15) is 57.4 Å². The Morgan fingerprint density at radius 2 is 2.06 bits per heavy atom. The Bertz CT molecular complexity index is 734. The van der Waals surface area contributed by atoms with Crippen LogP contribution in [0.3, 0.4) is 0 Å². The molecule has 31 heavy (non-hydrogen) atoms. The number of benzene rings is 1. The quantitative estimate of drug-likeness (QED) is 0.376. The zero-order valence-corrected chi connectivity index (χ0v) is 18.8. The fraction of sp³-hybridized carbons (Fsp3) is 0.667. The molecule has 2 saturated heterocycles. The summed E-state index contributed by atoms with van der Waals surface area (Å²) in [6.45, 7) is 7.16. The van der Waals surface area contributed by atoms with E-state index in [-0.39, 0.29) is 17.1 Å². The molecule has 2 aliphatic rings. The molecule has 1 aromatic rings. The number of hydrogen-bond acceptors (Lipinski definition) is 3. The van der Waals surface area contributed by atoms with Crippen LogP contribution in [0, 0.1) is 5.82 Å². The maximum Gasteiger partial charge on any atom is 0.222 e. The van der Waals surface area contributed by atoms with Gasteiger partial charge in [0.1, 0.15) is 5.82 Å². The van der Waals surface area contributed by atoms with Crippen molar-refractivity contribution in [2.75, 3.05) is 45.9 Å². The lowest BCUT2D eigenvalue weighted by Crippen LogP contribution is -2.42. The summed E-state index contributed by atoms with van der Waals surface area (Å²) in [5.74, 6) is 0.849. The van der Waals surface area contributed by atoms with Crippen LogP contribution in [0.5, 0.6) is 0 Å². The Balaban J connectivity index is 1.58. The van der Waals surface area contributed by atoms with Gasteiger partial charge >= 0.3 is 0 Å². The average Bonchev–Trinajstić information content (AvgIpc) is 2.99. The highest BCUT2D eigenvalue weighted by molar-refractivity contribution is 5.79. The highest BCUT2D eigenvalue weighted by atomic mass is 19.1. The van der Waals surface area contributed by atoms with Gasteiger partial charge in [0.2, 0.25) is 5.91 Å². The van der Waals surface area contributed by atoms with E-state index >= 15 is 0 Å². The van der Waals surface area contributed by atoms with E-state index in [0.717, 1.165) is 76.2 Å². The summed E-state index contributed by atoms with van der Waals surface area (Å²) < 4.78 is 19.5. The van der Waals surface area contributed by atoms with Gasteiger partial charge in [0.05, 0.1) is 6.54 Å². The average molecular weight is 433 g/mol. The molecule has 3 rings (SSSR count). The van der Waals surface area contributed by atoms with Gasteiger partial charge in [0.15, 0.2) is 5.96 Å². The third kappa shape index (κ3) is 6.92. The van der Waals surface area contributed by atoms with E-state index in [1.54, 1.807) is 12.1 Å². The van der Waals surface area contributed by atoms with E-state index in [4.69, 9.17) is 9.73 Å². The number of guanidine groups is 1. The summed E-state index contributed by atoms with van der Waals surface area (Å²) in [7, 11) is 0. The van der Waals surface area contributed by atoms with E-state index in [2.05, 4.69) is 10.6 Å². The number of hydrogen-bond donors (Lipinski definition) is 2. The minimum absolute atomic E-state index is 0.207. The monoisotopic (exact) mass is 432 g/mol. The molecule has 0 aliphatic carbocycles. The first-order valence-corrected chi connectivity index (χ1v) is 11.8. The summed E-state index contributed by atoms with van der Waals surface area (Å²) in [5.41, 5.74) is 0.788. The van der Waals surface area contributed by atoms with E-state index in [9.17, 15) is 9.18 Å². The maximum absolute atomic E-state index is 13.9. The molecule has 0 unspecified atom stereocenters. The zero-order chi connectivity index (χ0) is 21.9. The molecular weight excluding hydrogens is 395 g/mol. The molecule has 0 atom stereocenters. The number of nitrogens with one attached hydrogen (secondary N) is 2. The summed E-state index contributed by atoms with van der Waals surface area (Å²) in [6.07, 6.45) is 6.50. The normalized spacial score (nSPS) is 19.7. The first kappa shape index (κ1) is 23.5. The molecule has 2 fully saturated rings. The molecule has 1 aromatic carbocycles. The van der Waals surface area contributed by atoms with Crippen LogP contribution in [0.4, 0.5) is 4.39 Å². The van der Waals surface area contributed by atoms with Crippen molar-refractivity contribution in [2.45, 2.75) is 57.3 Å². The number of nitrogens with zero attached hydrogens (tertiary/aromatic N) is 2. The Morgan fingerprint density at radius 1 is 1.23 bits per heavy atom. The summed E-state index contributed by atoms with van der Waals surface area (Å²) >= 11 is 0. The molecule has 1 amide bonds. The van der Waals surface area contributed by atoms with Crippen molar-refractivity contribution in [3.63, 3.8) is 0 Å². The van der Waals surface area contributed by atoms with E-state index in [0.29, 0.717) is 26.2 Å². The molecule has 2 N–H and O–H groups in total. The van der Waals surface area contributed by atoms with Crippen LogP contribution < -0.4 is 10.6 Å². The van der Waals surface area contributed by atoms with Gasteiger partial charge in [-0.3, -0.25) is 9.79 Å². The molecule has 7 heteroatoms. The second-order valence-corrected chi connectivity index (χ2v) is 8.57. The predicted molar refractivity (Wildman–Crippen MR) is 122 cm³/mol. The zero-order valence-electron chi connectivity index (χ0n) is 18.8. The van der Waals surface area contributed by atoms with Crippen molar-refractivity contribution in [3.05, 3.63) is 35.6 Å². The van der Waals surface area contributed by atoms with Gasteiger partial charge in [0.25, 0.3) is 0 Å². The molecule has 172 valence electrons. The fourth-order valence-corrected chi connectivity index (χ4v) is 4.44. The summed E-state index contributed by atoms with van der Waals surface area (Å²) in [6, 6.07) is 6.90. The largest absolute Gasteiger partial charge is 0.381 e. The highest BCUT2D eigenvalue weighted by Crippen LogP contribution is 2.35. The lowest BCUT2D eigenvalue weighted by atomic mass is 9.74. The summed E-state index contributed by atoms with van der Waals surface area (Å²) in [5, 5.41) is 6.72. The number of ether oxygens (including phenoxy) is 1. The van der Waals surface area contributed by atoms with Gasteiger partial charge in [-0.15, -0.1) is 0 Å². The van der Waals surface area contributed by atoms with Crippen molar-refractivity contribution in [1.82, 2.24) is 15.5 Å². The van der Waals surface area contributed by atoms with Crippen LogP contribution in [-0.2, 0) is 14.9 Å². The molecule has 2 heterocycles. The summed E-state index contributed by atoms with van der Waals surface area (Å²) in [4.78, 5) is 19.0. The molecule has 0 spiro atoms. The van der Waals surface area contributed by atoms with Gasteiger partial charge in [-0.05, 0) is 56.7 Å². The smallest absolute Gasteiger partial charge is 0.222 e. The minimum Gasteiger partial charge on any atom is -0.381 e. The number of amides is 1. The number of carbonyl (C=O) groups is 1. The van der Waals surface area contributed by atoms with Crippen molar-refractivity contribution in [1.29, 1.82) is 0 Å². The van der Waals surface area contributed by atoms with E-state index < -0.39 is 0 Å². The number of likely N-dealkylation sites (tertiary alicyclic amines) is 1. The first-order chi connectivity index (χ1) is 15.1. The Labute approximate surface area is 185 Å². The standard InChI is InChI=1S/C24H37FN4O2/c1-2-26-23(27-13-7-15-29-14-5-3-4-10-22(29)30)28-19-24(11-16-31-17-12-24)20-8-6-9-21(25)18-20/h6,8-9,18H,2-5,7,10-17,19H2,1H3,(H2,26,27,28). The van der Waals surface area contributed by atoms with Gasteiger partial charge < -0.3 is 20.3 Å². The Kier molecular flexibility index (Phi) is 9.13. The maximum atomic E-state index is 13.9. The van der Waals surface area contributed by atoms with Crippen LogP contribution in [0.25, 0.3) is 0 Å². The number of carbonyl (C=O) groups excluding carboxylic acids is 1. The third-order valence-electron chi connectivity index (χ3n) is 6.34. The predicted octanol–water partition coefficient (Wildman–Crippen LogP) is 3.22. The topological polar surface area (TPSA) is 66.0 Å². The van der Waals surface area contributed by atoms with Crippen molar-refractivity contribution in [2.24, 2.45) is 4.99 Å². The molecular formula is C24H37FN4O2. The molecule has 0 bridgehead atoms. The second-order valence-electron chi connectivity index (χ2n) is 8.57. The van der Waals surface area contributed by atoms with E-state index in [1.807, 2.05) is 17.9 Å². The van der Waals surface area contributed by atoms with Crippen molar-refractivity contribution >= 4 is 11.9 Å². The van der Waals surface area contributed by atoms with Crippen LogP contribution >= 0.6 is 0 Å². The third-order valence-corrected chi connectivity index (χ3v) is 6.34. The molecule has 6 nitrogen and oxygen atoms in total.